The first-order valence-electron chi connectivity index (χ1n) is 7.30. The smallest absolute Gasteiger partial charge is 0.0634 e. The molecule has 1 N–H and O–H groups in total. The lowest BCUT2D eigenvalue weighted by Gasteiger charge is -2.29. The Morgan fingerprint density at radius 2 is 2.26 bits per heavy atom. The van der Waals surface area contributed by atoms with Crippen molar-refractivity contribution in [3.63, 3.8) is 0 Å². The van der Waals surface area contributed by atoms with Crippen molar-refractivity contribution < 1.29 is 0 Å². The van der Waals surface area contributed by atoms with Crippen LogP contribution >= 0.6 is 11.6 Å². The van der Waals surface area contributed by atoms with Crippen molar-refractivity contribution in [2.75, 3.05) is 13.1 Å². The van der Waals surface area contributed by atoms with Gasteiger partial charge in [-0.05, 0) is 50.3 Å². The van der Waals surface area contributed by atoms with Gasteiger partial charge in [-0.25, -0.2) is 0 Å². The molecule has 19 heavy (non-hydrogen) atoms. The van der Waals surface area contributed by atoms with Crippen molar-refractivity contribution in [1.82, 2.24) is 15.2 Å². The summed E-state index contributed by atoms with van der Waals surface area (Å²) in [6, 6.07) is 3.32. The summed E-state index contributed by atoms with van der Waals surface area (Å²) in [7, 11) is 0. The van der Waals surface area contributed by atoms with Crippen LogP contribution in [0.3, 0.4) is 0 Å². The highest BCUT2D eigenvalue weighted by Crippen LogP contribution is 2.34. The summed E-state index contributed by atoms with van der Waals surface area (Å²) in [6.45, 7) is 5.55. The van der Waals surface area contributed by atoms with E-state index in [1.165, 1.54) is 24.8 Å². The highest BCUT2D eigenvalue weighted by molar-refractivity contribution is 6.31. The van der Waals surface area contributed by atoms with Crippen LogP contribution in [-0.2, 0) is 6.54 Å². The molecule has 104 valence electrons. The molecule has 0 amide bonds. The fourth-order valence-electron chi connectivity index (χ4n) is 2.94. The van der Waals surface area contributed by atoms with E-state index in [4.69, 9.17) is 11.6 Å². The maximum Gasteiger partial charge on any atom is 0.0634 e. The van der Waals surface area contributed by atoms with Crippen LogP contribution in [-0.4, -0.2) is 35.1 Å². The van der Waals surface area contributed by atoms with Crippen molar-refractivity contribution in [2.45, 2.75) is 44.8 Å². The number of hydrogen-bond donors (Lipinski definition) is 1. The number of nitrogens with zero attached hydrogens (tertiary/aromatic N) is 2. The number of pyridine rings is 1. The van der Waals surface area contributed by atoms with E-state index in [1.54, 1.807) is 6.20 Å². The summed E-state index contributed by atoms with van der Waals surface area (Å²) in [5.74, 6) is 0.903. The van der Waals surface area contributed by atoms with Crippen molar-refractivity contribution in [1.29, 1.82) is 0 Å². The maximum atomic E-state index is 6.24. The van der Waals surface area contributed by atoms with Crippen molar-refractivity contribution in [3.05, 3.63) is 29.0 Å². The van der Waals surface area contributed by atoms with E-state index in [1.807, 2.05) is 12.3 Å². The molecule has 1 aromatic rings. The highest BCUT2D eigenvalue weighted by Gasteiger charge is 2.34. The van der Waals surface area contributed by atoms with Gasteiger partial charge in [0.25, 0.3) is 0 Å². The van der Waals surface area contributed by atoms with Gasteiger partial charge < -0.3 is 5.32 Å². The third kappa shape index (κ3) is 3.28. The summed E-state index contributed by atoms with van der Waals surface area (Å²) in [5, 5.41) is 4.50. The van der Waals surface area contributed by atoms with Crippen molar-refractivity contribution >= 4 is 11.6 Å². The molecule has 3 rings (SSSR count). The minimum absolute atomic E-state index is 0.612. The third-order valence-electron chi connectivity index (χ3n) is 4.44. The predicted molar refractivity (Wildman–Crippen MR) is 78.3 cm³/mol. The molecule has 2 aliphatic rings. The minimum atomic E-state index is 0.612. The number of rotatable bonds is 3. The van der Waals surface area contributed by atoms with Gasteiger partial charge in [-0.3, -0.25) is 9.88 Å². The zero-order valence-electron chi connectivity index (χ0n) is 11.5. The molecule has 0 bridgehead atoms. The lowest BCUT2D eigenvalue weighted by Crippen LogP contribution is -2.40. The first kappa shape index (κ1) is 13.3. The van der Waals surface area contributed by atoms with Crippen molar-refractivity contribution in [2.24, 2.45) is 5.92 Å². The van der Waals surface area contributed by atoms with Gasteiger partial charge in [-0.15, -0.1) is 0 Å². The van der Waals surface area contributed by atoms with E-state index in [2.05, 4.69) is 22.1 Å². The van der Waals surface area contributed by atoms with E-state index in [0.717, 1.165) is 30.6 Å². The van der Waals surface area contributed by atoms with Gasteiger partial charge in [-0.1, -0.05) is 11.6 Å². The van der Waals surface area contributed by atoms with E-state index in [9.17, 15) is 0 Å². The van der Waals surface area contributed by atoms with Crippen LogP contribution in [0.1, 0.15) is 31.7 Å². The monoisotopic (exact) mass is 279 g/mol. The summed E-state index contributed by atoms with van der Waals surface area (Å²) in [5.41, 5.74) is 1.19. The Labute approximate surface area is 120 Å². The van der Waals surface area contributed by atoms with Crippen LogP contribution in [0.2, 0.25) is 5.02 Å². The van der Waals surface area contributed by atoms with Crippen LogP contribution < -0.4 is 5.32 Å². The Morgan fingerprint density at radius 3 is 3.00 bits per heavy atom. The molecule has 0 radical (unpaired) electrons. The van der Waals surface area contributed by atoms with Gasteiger partial charge in [0.05, 0.1) is 5.02 Å². The van der Waals surface area contributed by atoms with E-state index in [0.29, 0.717) is 12.1 Å². The largest absolute Gasteiger partial charge is 0.312 e. The second-order valence-electron chi connectivity index (χ2n) is 5.93. The normalized spacial score (nSPS) is 29.2. The molecule has 1 saturated carbocycles. The van der Waals surface area contributed by atoms with Gasteiger partial charge in [0.1, 0.15) is 0 Å². The van der Waals surface area contributed by atoms with Crippen LogP contribution in [0.25, 0.3) is 0 Å². The van der Waals surface area contributed by atoms with Crippen LogP contribution in [0, 0.1) is 5.92 Å². The van der Waals surface area contributed by atoms with Gasteiger partial charge in [0.2, 0.25) is 0 Å². The Kier molecular flexibility index (Phi) is 4.06. The fraction of sp³-hybridized carbons (Fsp3) is 0.667. The molecular weight excluding hydrogens is 258 g/mol. The molecule has 1 aromatic heterocycles. The molecule has 0 aromatic carbocycles. The first-order valence-corrected chi connectivity index (χ1v) is 7.67. The molecule has 2 fully saturated rings. The third-order valence-corrected chi connectivity index (χ3v) is 4.78. The summed E-state index contributed by atoms with van der Waals surface area (Å²) < 4.78 is 0. The highest BCUT2D eigenvalue weighted by atomic mass is 35.5. The van der Waals surface area contributed by atoms with E-state index < -0.39 is 0 Å². The van der Waals surface area contributed by atoms with Crippen LogP contribution in [0.5, 0.6) is 0 Å². The Balaban J connectivity index is 1.71. The van der Waals surface area contributed by atoms with Gasteiger partial charge in [0.15, 0.2) is 0 Å². The van der Waals surface area contributed by atoms with Crippen LogP contribution in [0.15, 0.2) is 18.5 Å². The maximum absolute atomic E-state index is 6.24. The summed E-state index contributed by atoms with van der Waals surface area (Å²) in [6.07, 6.45) is 7.59. The molecule has 4 heteroatoms. The number of nitrogens with one attached hydrogen (secondary N) is 1. The van der Waals surface area contributed by atoms with E-state index in [-0.39, 0.29) is 0 Å². The fourth-order valence-corrected chi connectivity index (χ4v) is 3.12. The number of hydrogen-bond acceptors (Lipinski definition) is 3. The van der Waals surface area contributed by atoms with Gasteiger partial charge >= 0.3 is 0 Å². The average Bonchev–Trinajstić information content (AvgIpc) is 3.22. The van der Waals surface area contributed by atoms with Gasteiger partial charge in [0, 0.05) is 37.6 Å². The molecule has 2 heterocycles. The van der Waals surface area contributed by atoms with Gasteiger partial charge in [-0.2, -0.15) is 0 Å². The first-order chi connectivity index (χ1) is 9.24. The second kappa shape index (κ2) is 5.78. The molecule has 1 aliphatic heterocycles. The molecule has 1 aliphatic carbocycles. The quantitative estimate of drug-likeness (QED) is 0.922. The number of aromatic nitrogens is 1. The predicted octanol–water partition coefficient (Wildman–Crippen LogP) is 2.70. The lowest BCUT2D eigenvalue weighted by atomic mass is 10.1. The molecule has 2 atom stereocenters. The topological polar surface area (TPSA) is 28.2 Å². The summed E-state index contributed by atoms with van der Waals surface area (Å²) >= 11 is 6.24. The second-order valence-corrected chi connectivity index (χ2v) is 6.34. The molecule has 2 unspecified atom stereocenters. The SMILES string of the molecule is CC1CCNC(C2CC2)CN1Cc1ccncc1Cl. The lowest BCUT2D eigenvalue weighted by molar-refractivity contribution is 0.190. The molecule has 0 spiro atoms. The molecular formula is C15H22ClN3. The standard InChI is InChI=1S/C15H22ClN3/c1-11-4-7-18-15(12-2-3-12)10-19(11)9-13-5-6-17-8-14(13)16/h5-6,8,11-12,15,18H,2-4,7,9-10H2,1H3. The Hall–Kier alpha value is -0.640. The zero-order chi connectivity index (χ0) is 13.2. The van der Waals surface area contributed by atoms with Crippen molar-refractivity contribution in [3.8, 4) is 0 Å². The summed E-state index contributed by atoms with van der Waals surface area (Å²) in [4.78, 5) is 6.64. The molecule has 3 nitrogen and oxygen atoms in total. The minimum Gasteiger partial charge on any atom is -0.312 e. The number of halogens is 1. The Morgan fingerprint density at radius 1 is 1.42 bits per heavy atom. The van der Waals surface area contributed by atoms with E-state index >= 15 is 0 Å². The Bertz CT molecular complexity index is 433. The zero-order valence-corrected chi connectivity index (χ0v) is 12.2. The molecule has 1 saturated heterocycles. The average molecular weight is 280 g/mol. The van der Waals surface area contributed by atoms with Crippen LogP contribution in [0.4, 0.5) is 0 Å².